The molecule has 2 aliphatic heterocycles. The lowest BCUT2D eigenvalue weighted by atomic mass is 10.1. The second kappa shape index (κ2) is 6.34. The van der Waals surface area contributed by atoms with Crippen molar-refractivity contribution in [2.24, 2.45) is 0 Å². The van der Waals surface area contributed by atoms with Crippen LogP contribution in [-0.2, 0) is 9.47 Å². The Morgan fingerprint density at radius 2 is 1.90 bits per heavy atom. The van der Waals surface area contributed by atoms with E-state index in [-0.39, 0.29) is 6.10 Å². The molecule has 0 radical (unpaired) electrons. The summed E-state index contributed by atoms with van der Waals surface area (Å²) in [5, 5.41) is 10.7. The van der Waals surface area contributed by atoms with Gasteiger partial charge >= 0.3 is 0 Å². The smallest absolute Gasteiger partial charge is 0.163 e. The fourth-order valence-corrected chi connectivity index (χ4v) is 5.09. The van der Waals surface area contributed by atoms with Crippen molar-refractivity contribution in [3.63, 3.8) is 0 Å². The second-order valence-corrected chi connectivity index (χ2v) is 7.81. The molecule has 3 rings (SSSR count). The number of ether oxygens (including phenoxy) is 2. The minimum Gasteiger partial charge on any atom is -0.385 e. The molecule has 0 unspecified atom stereocenters. The molecule has 0 aromatic heterocycles. The highest BCUT2D eigenvalue weighted by Crippen LogP contribution is 2.43. The number of hydrogen-bond acceptors (Lipinski definition) is 5. The first-order valence-corrected chi connectivity index (χ1v) is 9.09. The van der Waals surface area contributed by atoms with Crippen molar-refractivity contribution in [2.75, 3.05) is 18.1 Å². The van der Waals surface area contributed by atoms with Crippen LogP contribution in [0.5, 0.6) is 0 Å². The zero-order valence-electron chi connectivity index (χ0n) is 12.2. The van der Waals surface area contributed by atoms with Crippen molar-refractivity contribution < 1.29 is 14.6 Å². The Kier molecular flexibility index (Phi) is 4.66. The van der Waals surface area contributed by atoms with Gasteiger partial charge in [0.1, 0.15) is 12.2 Å². The number of benzene rings is 1. The highest BCUT2D eigenvalue weighted by molar-refractivity contribution is 8.13. The van der Waals surface area contributed by atoms with Gasteiger partial charge in [0.05, 0.1) is 6.61 Å². The van der Waals surface area contributed by atoms with Crippen molar-refractivity contribution >= 4 is 28.4 Å². The van der Waals surface area contributed by atoms with Gasteiger partial charge in [0.25, 0.3) is 0 Å². The number of thioether (sulfide) groups is 2. The van der Waals surface area contributed by atoms with Crippen molar-refractivity contribution in [1.29, 1.82) is 0 Å². The van der Waals surface area contributed by atoms with E-state index in [0.717, 1.165) is 16.4 Å². The maximum atomic E-state index is 10.7. The fraction of sp³-hybridized carbons (Fsp3) is 0.500. The SMILES string of the molecule is CC1(C)OC[C@H]([C@H](O)C2=C(c3ccccc3)SCCS2)O1. The van der Waals surface area contributed by atoms with Crippen molar-refractivity contribution in [3.05, 3.63) is 40.8 Å². The molecule has 1 saturated heterocycles. The van der Waals surface area contributed by atoms with Gasteiger partial charge < -0.3 is 14.6 Å². The van der Waals surface area contributed by atoms with E-state index in [1.807, 2.05) is 43.8 Å². The summed E-state index contributed by atoms with van der Waals surface area (Å²) in [6, 6.07) is 10.3. The van der Waals surface area contributed by atoms with E-state index >= 15 is 0 Å². The Morgan fingerprint density at radius 1 is 1.19 bits per heavy atom. The fourth-order valence-electron chi connectivity index (χ4n) is 2.51. The van der Waals surface area contributed by atoms with Crippen LogP contribution in [-0.4, -0.2) is 41.2 Å². The van der Waals surface area contributed by atoms with E-state index in [4.69, 9.17) is 9.47 Å². The van der Waals surface area contributed by atoms with Crippen LogP contribution in [0, 0.1) is 0 Å². The van der Waals surface area contributed by atoms with E-state index in [1.54, 1.807) is 11.8 Å². The lowest BCUT2D eigenvalue weighted by Gasteiger charge is -2.27. The Labute approximate surface area is 134 Å². The van der Waals surface area contributed by atoms with Gasteiger partial charge in [-0.3, -0.25) is 0 Å². The molecule has 21 heavy (non-hydrogen) atoms. The molecule has 2 aliphatic rings. The predicted molar refractivity (Wildman–Crippen MR) is 89.2 cm³/mol. The summed E-state index contributed by atoms with van der Waals surface area (Å²) in [4.78, 5) is 2.19. The summed E-state index contributed by atoms with van der Waals surface area (Å²) >= 11 is 3.55. The molecule has 0 saturated carbocycles. The number of aliphatic hydroxyl groups is 1. The quantitative estimate of drug-likeness (QED) is 0.923. The summed E-state index contributed by atoms with van der Waals surface area (Å²) in [6.07, 6.45) is -0.917. The zero-order valence-corrected chi connectivity index (χ0v) is 13.9. The first-order valence-electron chi connectivity index (χ1n) is 7.12. The zero-order chi connectivity index (χ0) is 14.9. The lowest BCUT2D eigenvalue weighted by Crippen LogP contribution is -2.32. The summed E-state index contributed by atoms with van der Waals surface area (Å²) in [5.74, 6) is 1.48. The predicted octanol–water partition coefficient (Wildman–Crippen LogP) is 3.35. The lowest BCUT2D eigenvalue weighted by molar-refractivity contribution is -0.147. The first kappa shape index (κ1) is 15.4. The van der Waals surface area contributed by atoms with Crippen LogP contribution in [0.1, 0.15) is 19.4 Å². The summed E-state index contributed by atoms with van der Waals surface area (Å²) in [5.41, 5.74) is 1.17. The van der Waals surface area contributed by atoms with Gasteiger partial charge in [0.2, 0.25) is 0 Å². The first-order chi connectivity index (χ1) is 10.1. The van der Waals surface area contributed by atoms with Gasteiger partial charge in [-0.2, -0.15) is 0 Å². The van der Waals surface area contributed by atoms with Gasteiger partial charge in [-0.25, -0.2) is 0 Å². The maximum absolute atomic E-state index is 10.7. The molecule has 5 heteroatoms. The largest absolute Gasteiger partial charge is 0.385 e. The molecular weight excluding hydrogens is 304 g/mol. The molecular formula is C16H20O3S2. The van der Waals surface area contributed by atoms with E-state index < -0.39 is 11.9 Å². The summed E-state index contributed by atoms with van der Waals surface area (Å²) in [6.45, 7) is 4.20. The molecule has 1 aromatic rings. The van der Waals surface area contributed by atoms with E-state index in [9.17, 15) is 5.11 Å². The van der Waals surface area contributed by atoms with Crippen molar-refractivity contribution in [1.82, 2.24) is 0 Å². The van der Waals surface area contributed by atoms with Crippen LogP contribution in [0.2, 0.25) is 0 Å². The van der Waals surface area contributed by atoms with E-state index in [0.29, 0.717) is 6.61 Å². The highest BCUT2D eigenvalue weighted by Gasteiger charge is 2.39. The normalized spacial score (nSPS) is 26.9. The van der Waals surface area contributed by atoms with Crippen LogP contribution in [0.3, 0.4) is 0 Å². The third-order valence-electron chi connectivity index (χ3n) is 3.50. The summed E-state index contributed by atoms with van der Waals surface area (Å²) < 4.78 is 11.4. The van der Waals surface area contributed by atoms with Gasteiger partial charge in [-0.1, -0.05) is 30.3 Å². The molecule has 114 valence electrons. The number of hydrogen-bond donors (Lipinski definition) is 1. The summed E-state index contributed by atoms with van der Waals surface area (Å²) in [7, 11) is 0. The van der Waals surface area contributed by atoms with Crippen LogP contribution < -0.4 is 0 Å². The average molecular weight is 324 g/mol. The van der Waals surface area contributed by atoms with Gasteiger partial charge in [-0.05, 0) is 19.4 Å². The standard InChI is InChI=1S/C16H20O3S2/c1-16(2)18-10-12(19-16)13(17)15-14(20-8-9-21-15)11-6-4-3-5-7-11/h3-7,12-13,17H,8-10H2,1-2H3/t12-,13+/m1/s1. The van der Waals surface area contributed by atoms with Gasteiger partial charge in [0, 0.05) is 21.3 Å². The molecule has 1 N–H and O–H groups in total. The van der Waals surface area contributed by atoms with Crippen LogP contribution >= 0.6 is 23.5 Å². The topological polar surface area (TPSA) is 38.7 Å². The molecule has 1 fully saturated rings. The molecule has 0 bridgehead atoms. The van der Waals surface area contributed by atoms with Crippen LogP contribution in [0.25, 0.3) is 4.91 Å². The maximum Gasteiger partial charge on any atom is 0.163 e. The minimum atomic E-state index is -0.625. The molecule has 0 spiro atoms. The van der Waals surface area contributed by atoms with Crippen molar-refractivity contribution in [2.45, 2.75) is 31.8 Å². The molecule has 2 heterocycles. The number of rotatable bonds is 3. The third-order valence-corrected chi connectivity index (χ3v) is 6.20. The van der Waals surface area contributed by atoms with Gasteiger partial charge in [0.15, 0.2) is 5.79 Å². The molecule has 0 amide bonds. The Balaban J connectivity index is 1.88. The van der Waals surface area contributed by atoms with E-state index in [2.05, 4.69) is 12.1 Å². The average Bonchev–Trinajstić information content (AvgIpc) is 2.87. The van der Waals surface area contributed by atoms with Crippen LogP contribution in [0.4, 0.5) is 0 Å². The Hall–Kier alpha value is -0.460. The molecule has 2 atom stereocenters. The highest BCUT2D eigenvalue weighted by atomic mass is 32.2. The Bertz CT molecular complexity index is 528. The molecule has 1 aromatic carbocycles. The molecule has 0 aliphatic carbocycles. The van der Waals surface area contributed by atoms with Crippen LogP contribution in [0.15, 0.2) is 35.2 Å². The number of aliphatic hydroxyl groups excluding tert-OH is 1. The monoisotopic (exact) mass is 324 g/mol. The third kappa shape index (κ3) is 3.48. The Morgan fingerprint density at radius 3 is 2.57 bits per heavy atom. The molecule has 3 nitrogen and oxygen atoms in total. The van der Waals surface area contributed by atoms with E-state index in [1.165, 1.54) is 10.5 Å². The second-order valence-electron chi connectivity index (χ2n) is 5.57. The van der Waals surface area contributed by atoms with Gasteiger partial charge in [-0.15, -0.1) is 23.5 Å². The van der Waals surface area contributed by atoms with Crippen molar-refractivity contribution in [3.8, 4) is 0 Å². The minimum absolute atomic E-state index is 0.292.